The van der Waals surface area contributed by atoms with Crippen molar-refractivity contribution in [3.05, 3.63) is 33.8 Å². The summed E-state index contributed by atoms with van der Waals surface area (Å²) in [4.78, 5) is 10.4. The lowest BCUT2D eigenvalue weighted by atomic mass is 10.1. The number of carbonyl (C=O) groups is 1. The summed E-state index contributed by atoms with van der Waals surface area (Å²) in [5.74, 6) is -1.04. The Hall–Kier alpha value is -1.28. The Kier molecular flexibility index (Phi) is 4.56. The summed E-state index contributed by atoms with van der Waals surface area (Å²) in [5.41, 5.74) is 0.509. The van der Waals surface area contributed by atoms with Gasteiger partial charge < -0.3 is 5.11 Å². The Balaban J connectivity index is 2.87. The van der Waals surface area contributed by atoms with Crippen molar-refractivity contribution in [2.75, 3.05) is 6.54 Å². The maximum Gasteiger partial charge on any atom is 0.317 e. The molecule has 0 heterocycles. The minimum absolute atomic E-state index is 0.308. The lowest BCUT2D eigenvalue weighted by Crippen LogP contribution is -2.26. The zero-order valence-electron chi connectivity index (χ0n) is 8.08. The quantitative estimate of drug-likeness (QED) is 0.869. The Morgan fingerprint density at radius 3 is 2.75 bits per heavy atom. The number of nitrogens with one attached hydrogen (secondary N) is 1. The van der Waals surface area contributed by atoms with Crippen molar-refractivity contribution in [3.63, 3.8) is 0 Å². The Morgan fingerprint density at radius 1 is 1.56 bits per heavy atom. The standard InChI is InChI=1S/C10H8Cl2N2O2/c11-6-1-2-7(8(12)3-6)9(4-13)14-5-10(15)16/h1-3,9,14H,5H2,(H,15,16). The highest BCUT2D eigenvalue weighted by Gasteiger charge is 2.14. The van der Waals surface area contributed by atoms with Gasteiger partial charge in [-0.05, 0) is 12.1 Å². The third kappa shape index (κ3) is 3.38. The molecule has 1 atom stereocenters. The number of hydrogen-bond acceptors (Lipinski definition) is 3. The molecule has 0 radical (unpaired) electrons. The maximum absolute atomic E-state index is 10.4. The molecule has 0 saturated heterocycles. The molecule has 0 bridgehead atoms. The van der Waals surface area contributed by atoms with Gasteiger partial charge in [0.1, 0.15) is 6.04 Å². The average molecular weight is 259 g/mol. The molecule has 0 aliphatic carbocycles. The molecule has 1 aromatic rings. The summed E-state index contributed by atoms with van der Waals surface area (Å²) in [5, 5.41) is 20.7. The molecule has 2 N–H and O–H groups in total. The number of nitrogens with zero attached hydrogens (tertiary/aromatic N) is 1. The van der Waals surface area contributed by atoms with Gasteiger partial charge in [-0.3, -0.25) is 10.1 Å². The highest BCUT2D eigenvalue weighted by Crippen LogP contribution is 2.25. The van der Waals surface area contributed by atoms with Crippen molar-refractivity contribution < 1.29 is 9.90 Å². The summed E-state index contributed by atoms with van der Waals surface area (Å²) >= 11 is 11.6. The molecule has 0 aliphatic rings. The second-order valence-electron chi connectivity index (χ2n) is 3.00. The van der Waals surface area contributed by atoms with Crippen LogP contribution in [0.25, 0.3) is 0 Å². The fourth-order valence-corrected chi connectivity index (χ4v) is 1.67. The summed E-state index contributed by atoms with van der Waals surface area (Å²) < 4.78 is 0. The topological polar surface area (TPSA) is 73.1 Å². The number of hydrogen-bond donors (Lipinski definition) is 2. The lowest BCUT2D eigenvalue weighted by molar-refractivity contribution is -0.136. The number of halogens is 2. The van der Waals surface area contributed by atoms with Crippen LogP contribution < -0.4 is 5.32 Å². The molecule has 16 heavy (non-hydrogen) atoms. The molecule has 84 valence electrons. The summed E-state index contributed by atoms with van der Waals surface area (Å²) in [7, 11) is 0. The molecule has 0 aromatic heterocycles. The first-order valence-corrected chi connectivity index (χ1v) is 5.10. The van der Waals surface area contributed by atoms with Gasteiger partial charge in [0.25, 0.3) is 0 Å². The zero-order chi connectivity index (χ0) is 12.1. The van der Waals surface area contributed by atoms with E-state index >= 15 is 0 Å². The van der Waals surface area contributed by atoms with Crippen LogP contribution in [0.2, 0.25) is 10.0 Å². The average Bonchev–Trinajstić information content (AvgIpc) is 2.21. The van der Waals surface area contributed by atoms with Crippen LogP contribution >= 0.6 is 23.2 Å². The highest BCUT2D eigenvalue weighted by molar-refractivity contribution is 6.35. The zero-order valence-corrected chi connectivity index (χ0v) is 9.59. The molecular weight excluding hydrogens is 251 g/mol. The van der Waals surface area contributed by atoms with E-state index in [1.165, 1.54) is 6.07 Å². The largest absolute Gasteiger partial charge is 0.480 e. The van der Waals surface area contributed by atoms with Crippen molar-refractivity contribution in [3.8, 4) is 6.07 Å². The second kappa shape index (κ2) is 5.71. The smallest absolute Gasteiger partial charge is 0.317 e. The van der Waals surface area contributed by atoms with E-state index in [2.05, 4.69) is 5.32 Å². The predicted octanol–water partition coefficient (Wildman–Crippen LogP) is 2.23. The van der Waals surface area contributed by atoms with Crippen molar-refractivity contribution in [1.82, 2.24) is 5.32 Å². The van der Waals surface area contributed by atoms with E-state index in [9.17, 15) is 4.79 Å². The van der Waals surface area contributed by atoms with E-state index < -0.39 is 12.0 Å². The third-order valence-corrected chi connectivity index (χ3v) is 2.42. The van der Waals surface area contributed by atoms with Crippen LogP contribution in [0.3, 0.4) is 0 Å². The highest BCUT2D eigenvalue weighted by atomic mass is 35.5. The lowest BCUT2D eigenvalue weighted by Gasteiger charge is -2.11. The van der Waals surface area contributed by atoms with Gasteiger partial charge in [0.15, 0.2) is 0 Å². The first-order valence-electron chi connectivity index (χ1n) is 4.34. The van der Waals surface area contributed by atoms with Gasteiger partial charge in [0.2, 0.25) is 0 Å². The third-order valence-electron chi connectivity index (χ3n) is 1.86. The van der Waals surface area contributed by atoms with Crippen LogP contribution in [-0.4, -0.2) is 17.6 Å². The van der Waals surface area contributed by atoms with Crippen LogP contribution in [0.15, 0.2) is 18.2 Å². The summed E-state index contributed by atoms with van der Waals surface area (Å²) in [6, 6.07) is 5.86. The normalized spacial score (nSPS) is 11.8. The van der Waals surface area contributed by atoms with E-state index in [-0.39, 0.29) is 6.54 Å². The summed E-state index contributed by atoms with van der Waals surface area (Å²) in [6.07, 6.45) is 0. The van der Waals surface area contributed by atoms with Crippen molar-refractivity contribution in [1.29, 1.82) is 5.26 Å². The van der Waals surface area contributed by atoms with Gasteiger partial charge in [-0.25, -0.2) is 0 Å². The van der Waals surface area contributed by atoms with E-state index in [1.54, 1.807) is 12.1 Å². The Morgan fingerprint density at radius 2 is 2.25 bits per heavy atom. The molecule has 0 spiro atoms. The molecule has 6 heteroatoms. The first-order chi connectivity index (χ1) is 7.54. The molecule has 4 nitrogen and oxygen atoms in total. The van der Waals surface area contributed by atoms with E-state index in [4.69, 9.17) is 33.6 Å². The number of nitriles is 1. The molecule has 1 aromatic carbocycles. The molecule has 0 aliphatic heterocycles. The number of benzene rings is 1. The van der Waals surface area contributed by atoms with Crippen LogP contribution in [-0.2, 0) is 4.79 Å². The van der Waals surface area contributed by atoms with E-state index in [0.29, 0.717) is 15.6 Å². The van der Waals surface area contributed by atoms with Crippen molar-refractivity contribution in [2.24, 2.45) is 0 Å². The maximum atomic E-state index is 10.4. The van der Waals surface area contributed by atoms with Gasteiger partial charge in [0, 0.05) is 15.6 Å². The van der Waals surface area contributed by atoms with Crippen LogP contribution in [0.1, 0.15) is 11.6 Å². The number of carboxylic acids is 1. The van der Waals surface area contributed by atoms with Gasteiger partial charge in [0.05, 0.1) is 12.6 Å². The first kappa shape index (κ1) is 12.8. The minimum Gasteiger partial charge on any atom is -0.480 e. The Bertz CT molecular complexity index is 443. The van der Waals surface area contributed by atoms with Crippen LogP contribution in [0.4, 0.5) is 0 Å². The van der Waals surface area contributed by atoms with E-state index in [1.807, 2.05) is 6.07 Å². The Labute approximate surface area is 102 Å². The number of carboxylic acid groups (broad SMARTS) is 1. The molecular formula is C10H8Cl2N2O2. The van der Waals surface area contributed by atoms with Gasteiger partial charge in [-0.2, -0.15) is 5.26 Å². The fraction of sp³-hybridized carbons (Fsp3) is 0.200. The molecule has 0 saturated carbocycles. The molecule has 0 fully saturated rings. The van der Waals surface area contributed by atoms with Crippen molar-refractivity contribution in [2.45, 2.75) is 6.04 Å². The van der Waals surface area contributed by atoms with Gasteiger partial charge >= 0.3 is 5.97 Å². The molecule has 0 amide bonds. The van der Waals surface area contributed by atoms with E-state index in [0.717, 1.165) is 0 Å². The second-order valence-corrected chi connectivity index (χ2v) is 3.85. The van der Waals surface area contributed by atoms with Crippen molar-refractivity contribution >= 4 is 29.2 Å². The minimum atomic E-state index is -1.04. The van der Waals surface area contributed by atoms with Gasteiger partial charge in [-0.1, -0.05) is 29.3 Å². The SMILES string of the molecule is N#CC(NCC(=O)O)c1ccc(Cl)cc1Cl. The molecule has 1 rings (SSSR count). The fourth-order valence-electron chi connectivity index (χ4n) is 1.15. The number of rotatable bonds is 4. The monoisotopic (exact) mass is 258 g/mol. The van der Waals surface area contributed by atoms with Gasteiger partial charge in [-0.15, -0.1) is 0 Å². The number of aliphatic carboxylic acids is 1. The van der Waals surface area contributed by atoms with Crippen LogP contribution in [0.5, 0.6) is 0 Å². The predicted molar refractivity (Wildman–Crippen MR) is 60.5 cm³/mol. The summed E-state index contributed by atoms with van der Waals surface area (Å²) in [6.45, 7) is -0.308. The van der Waals surface area contributed by atoms with Crippen LogP contribution in [0, 0.1) is 11.3 Å². The molecule has 1 unspecified atom stereocenters.